The Morgan fingerprint density at radius 3 is 2.45 bits per heavy atom. The highest BCUT2D eigenvalue weighted by Crippen LogP contribution is 1.99. The van der Waals surface area contributed by atoms with Crippen LogP contribution < -0.4 is 10.6 Å². The monoisotopic (exact) mass is 308 g/mol. The lowest BCUT2D eigenvalue weighted by atomic mass is 10.1. The van der Waals surface area contributed by atoms with E-state index in [1.807, 2.05) is 0 Å². The first-order valence-corrected chi connectivity index (χ1v) is 8.18. The summed E-state index contributed by atoms with van der Waals surface area (Å²) in [6.07, 6.45) is 3.04. The molecule has 0 saturated carbocycles. The first kappa shape index (κ1) is 18.9. The Labute approximate surface area is 121 Å². The number of carboxylic acid groups (broad SMARTS) is 1. The fourth-order valence-corrected chi connectivity index (χ4v) is 2.21. The van der Waals surface area contributed by atoms with Gasteiger partial charge in [0, 0.05) is 42.6 Å². The Bertz CT molecular complexity index is 338. The molecule has 2 amide bonds. The Balaban J connectivity index is 4.11. The summed E-state index contributed by atoms with van der Waals surface area (Å²) < 4.78 is 15.8. The Morgan fingerprint density at radius 2 is 1.95 bits per heavy atom. The van der Waals surface area contributed by atoms with Crippen LogP contribution in [0.25, 0.3) is 0 Å². The van der Waals surface area contributed by atoms with Crippen molar-refractivity contribution in [1.29, 1.82) is 0 Å². The van der Waals surface area contributed by atoms with Crippen LogP contribution in [0.5, 0.6) is 0 Å². The summed E-state index contributed by atoms with van der Waals surface area (Å²) >= 11 is 0. The SMILES string of the molecule is COCCCC(NC(=O)NC(C)CCS(C)=O)C(=O)O. The smallest absolute Gasteiger partial charge is 0.326 e. The van der Waals surface area contributed by atoms with Crippen molar-refractivity contribution in [2.24, 2.45) is 0 Å². The van der Waals surface area contributed by atoms with Crippen molar-refractivity contribution in [1.82, 2.24) is 10.6 Å². The maximum absolute atomic E-state index is 11.7. The molecular formula is C12H24N2O5S. The topological polar surface area (TPSA) is 105 Å². The van der Waals surface area contributed by atoms with Crippen LogP contribution in [-0.2, 0) is 20.3 Å². The predicted octanol–water partition coefficient (Wildman–Crippen LogP) is 0.323. The van der Waals surface area contributed by atoms with Gasteiger partial charge in [-0.3, -0.25) is 4.21 Å². The highest BCUT2D eigenvalue weighted by molar-refractivity contribution is 7.84. The van der Waals surface area contributed by atoms with E-state index in [2.05, 4.69) is 10.6 Å². The standard InChI is InChI=1S/C12H24N2O5S/c1-9(6-8-20(3)18)13-12(17)14-10(11(15)16)5-4-7-19-2/h9-10H,4-8H2,1-3H3,(H,15,16)(H2,13,14,17). The molecule has 0 heterocycles. The maximum atomic E-state index is 11.7. The van der Waals surface area contributed by atoms with Crippen LogP contribution in [0.15, 0.2) is 0 Å². The minimum absolute atomic E-state index is 0.160. The molecule has 0 aromatic heterocycles. The Kier molecular flexibility index (Phi) is 10.0. The Hall–Kier alpha value is -1.15. The number of ether oxygens (including phenoxy) is 1. The van der Waals surface area contributed by atoms with Crippen LogP contribution in [0, 0.1) is 0 Å². The third-order valence-corrected chi connectivity index (χ3v) is 3.47. The highest BCUT2D eigenvalue weighted by atomic mass is 32.2. The molecule has 0 rings (SSSR count). The zero-order chi connectivity index (χ0) is 15.5. The molecule has 8 heteroatoms. The third-order valence-electron chi connectivity index (χ3n) is 2.66. The highest BCUT2D eigenvalue weighted by Gasteiger charge is 2.20. The van der Waals surface area contributed by atoms with E-state index in [4.69, 9.17) is 9.84 Å². The van der Waals surface area contributed by atoms with Gasteiger partial charge in [-0.2, -0.15) is 0 Å². The molecule has 0 aliphatic carbocycles. The average Bonchev–Trinajstić information content (AvgIpc) is 2.35. The minimum Gasteiger partial charge on any atom is -0.480 e. The van der Waals surface area contributed by atoms with E-state index in [-0.39, 0.29) is 6.04 Å². The fraction of sp³-hybridized carbons (Fsp3) is 0.833. The van der Waals surface area contributed by atoms with E-state index in [1.165, 1.54) is 7.11 Å². The number of carboxylic acids is 1. The van der Waals surface area contributed by atoms with Gasteiger partial charge in [0.2, 0.25) is 0 Å². The zero-order valence-electron chi connectivity index (χ0n) is 12.2. The molecule has 7 nitrogen and oxygen atoms in total. The number of nitrogens with one attached hydrogen (secondary N) is 2. The van der Waals surface area contributed by atoms with Crippen molar-refractivity contribution in [3.63, 3.8) is 0 Å². The van der Waals surface area contributed by atoms with Gasteiger partial charge in [0.05, 0.1) is 0 Å². The van der Waals surface area contributed by atoms with Gasteiger partial charge in [-0.05, 0) is 26.2 Å². The summed E-state index contributed by atoms with van der Waals surface area (Å²) in [5.41, 5.74) is 0. The van der Waals surface area contributed by atoms with Crippen molar-refractivity contribution in [2.45, 2.75) is 38.3 Å². The fourth-order valence-electron chi connectivity index (χ4n) is 1.53. The molecule has 0 aliphatic rings. The van der Waals surface area contributed by atoms with Crippen molar-refractivity contribution in [2.75, 3.05) is 25.7 Å². The van der Waals surface area contributed by atoms with Gasteiger partial charge in [-0.1, -0.05) is 0 Å². The number of hydrogen-bond acceptors (Lipinski definition) is 4. The van der Waals surface area contributed by atoms with Crippen molar-refractivity contribution in [3.05, 3.63) is 0 Å². The molecule has 0 aromatic rings. The lowest BCUT2D eigenvalue weighted by Gasteiger charge is -2.18. The number of amides is 2. The number of carbonyl (C=O) groups excluding carboxylic acids is 1. The van der Waals surface area contributed by atoms with Gasteiger partial charge in [0.1, 0.15) is 6.04 Å². The van der Waals surface area contributed by atoms with Crippen LogP contribution in [0.3, 0.4) is 0 Å². The van der Waals surface area contributed by atoms with Crippen LogP contribution in [0.2, 0.25) is 0 Å². The minimum atomic E-state index is -1.07. The summed E-state index contributed by atoms with van der Waals surface area (Å²) in [5, 5.41) is 14.1. The van der Waals surface area contributed by atoms with E-state index in [0.717, 1.165) is 0 Å². The molecule has 20 heavy (non-hydrogen) atoms. The van der Waals surface area contributed by atoms with Gasteiger partial charge >= 0.3 is 12.0 Å². The number of aliphatic carboxylic acids is 1. The summed E-state index contributed by atoms with van der Waals surface area (Å²) in [4.78, 5) is 22.7. The van der Waals surface area contributed by atoms with Crippen LogP contribution in [0.4, 0.5) is 4.79 Å². The van der Waals surface area contributed by atoms with Crippen molar-refractivity contribution in [3.8, 4) is 0 Å². The molecule has 118 valence electrons. The molecule has 0 spiro atoms. The van der Waals surface area contributed by atoms with Crippen molar-refractivity contribution >= 4 is 22.8 Å². The van der Waals surface area contributed by atoms with E-state index >= 15 is 0 Å². The summed E-state index contributed by atoms with van der Waals surface area (Å²) in [7, 11) is 0.633. The van der Waals surface area contributed by atoms with Gasteiger partial charge < -0.3 is 20.5 Å². The van der Waals surface area contributed by atoms with E-state index in [9.17, 15) is 13.8 Å². The second kappa shape index (κ2) is 10.6. The quantitative estimate of drug-likeness (QED) is 0.504. The molecule has 0 radical (unpaired) electrons. The Morgan fingerprint density at radius 1 is 1.30 bits per heavy atom. The molecule has 0 aliphatic heterocycles. The maximum Gasteiger partial charge on any atom is 0.326 e. The molecule has 0 bridgehead atoms. The average molecular weight is 308 g/mol. The predicted molar refractivity (Wildman–Crippen MR) is 77.2 cm³/mol. The van der Waals surface area contributed by atoms with Crippen LogP contribution in [0.1, 0.15) is 26.2 Å². The van der Waals surface area contributed by atoms with E-state index in [0.29, 0.717) is 31.6 Å². The number of carbonyl (C=O) groups is 2. The van der Waals surface area contributed by atoms with Crippen molar-refractivity contribution < 1.29 is 23.6 Å². The zero-order valence-corrected chi connectivity index (χ0v) is 13.0. The number of methoxy groups -OCH3 is 1. The van der Waals surface area contributed by atoms with E-state index < -0.39 is 28.8 Å². The lowest BCUT2D eigenvalue weighted by Crippen LogP contribution is -2.48. The van der Waals surface area contributed by atoms with E-state index in [1.54, 1.807) is 13.2 Å². The molecular weight excluding hydrogens is 284 g/mol. The van der Waals surface area contributed by atoms with Crippen LogP contribution >= 0.6 is 0 Å². The first-order chi connectivity index (χ1) is 9.36. The second-order valence-corrected chi connectivity index (χ2v) is 6.17. The van der Waals surface area contributed by atoms with Gasteiger partial charge in [0.15, 0.2) is 0 Å². The summed E-state index contributed by atoms with van der Waals surface area (Å²) in [5.74, 6) is -0.573. The summed E-state index contributed by atoms with van der Waals surface area (Å²) in [6, 6.07) is -1.62. The van der Waals surface area contributed by atoms with Crippen LogP contribution in [-0.4, -0.2) is 59.1 Å². The van der Waals surface area contributed by atoms with Gasteiger partial charge in [-0.25, -0.2) is 9.59 Å². The second-order valence-electron chi connectivity index (χ2n) is 4.61. The molecule has 3 unspecified atom stereocenters. The summed E-state index contributed by atoms with van der Waals surface area (Å²) in [6.45, 7) is 2.24. The number of hydrogen-bond donors (Lipinski definition) is 3. The molecule has 0 aromatic carbocycles. The number of urea groups is 1. The normalized spacial score (nSPS) is 15.2. The first-order valence-electron chi connectivity index (χ1n) is 6.45. The lowest BCUT2D eigenvalue weighted by molar-refractivity contribution is -0.139. The van der Waals surface area contributed by atoms with Gasteiger partial charge in [0.25, 0.3) is 0 Å². The largest absolute Gasteiger partial charge is 0.480 e. The molecule has 0 saturated heterocycles. The molecule has 0 fully saturated rings. The van der Waals surface area contributed by atoms with Gasteiger partial charge in [-0.15, -0.1) is 0 Å². The molecule has 3 atom stereocenters. The molecule has 3 N–H and O–H groups in total. The number of rotatable bonds is 10. The third kappa shape index (κ3) is 9.74.